The number of carbonyl (C=O) groups is 2. The summed E-state index contributed by atoms with van der Waals surface area (Å²) in [6, 6.07) is 14.0. The lowest BCUT2D eigenvalue weighted by Crippen LogP contribution is -2.49. The maximum Gasteiger partial charge on any atom is 0.287 e. The summed E-state index contributed by atoms with van der Waals surface area (Å²) in [4.78, 5) is 24.8. The van der Waals surface area contributed by atoms with Crippen molar-refractivity contribution in [2.45, 2.75) is 26.4 Å². The molecule has 0 bridgehead atoms. The number of hydrogen-bond acceptors (Lipinski definition) is 4. The molecule has 2 amide bonds. The van der Waals surface area contributed by atoms with E-state index >= 15 is 0 Å². The Morgan fingerprint density at radius 3 is 2.46 bits per heavy atom. The van der Waals surface area contributed by atoms with Gasteiger partial charge < -0.3 is 19.5 Å². The van der Waals surface area contributed by atoms with E-state index in [2.05, 4.69) is 26.6 Å². The Balaban J connectivity index is 1.60. The summed E-state index contributed by atoms with van der Waals surface area (Å²) in [5, 5.41) is 5.53. The van der Waals surface area contributed by atoms with Crippen LogP contribution in [0.5, 0.6) is 0 Å². The molecule has 0 aliphatic heterocycles. The van der Waals surface area contributed by atoms with Crippen LogP contribution in [0.2, 0.25) is 0 Å². The molecule has 0 saturated heterocycles. The molecule has 0 fully saturated rings. The van der Waals surface area contributed by atoms with Crippen LogP contribution in [-0.2, 0) is 11.3 Å². The first-order chi connectivity index (χ1) is 13.4. The van der Waals surface area contributed by atoms with E-state index < -0.39 is 11.9 Å². The first-order valence-electron chi connectivity index (χ1n) is 8.91. The zero-order valence-corrected chi connectivity index (χ0v) is 17.2. The van der Waals surface area contributed by atoms with Gasteiger partial charge in [-0.1, -0.05) is 41.9 Å². The number of rotatable bonds is 7. The second-order valence-electron chi connectivity index (χ2n) is 6.66. The van der Waals surface area contributed by atoms with E-state index in [0.717, 1.165) is 15.8 Å². The molecule has 2 aromatic heterocycles. The fourth-order valence-electron chi connectivity index (χ4n) is 2.68. The summed E-state index contributed by atoms with van der Waals surface area (Å²) in [7, 11) is 0. The first-order valence-corrected chi connectivity index (χ1v) is 9.70. The summed E-state index contributed by atoms with van der Waals surface area (Å²) in [6.45, 7) is 3.96. The molecule has 0 aliphatic carbocycles. The molecule has 0 radical (unpaired) electrons. The van der Waals surface area contributed by atoms with Crippen molar-refractivity contribution in [2.24, 2.45) is 5.92 Å². The van der Waals surface area contributed by atoms with E-state index in [1.165, 1.54) is 6.26 Å². The number of furan rings is 2. The standard InChI is InChI=1S/C21H21BrN2O4/c1-13(2)19(24-20(25)18-4-3-11-27-18)21(26)23-12-16-9-10-17(28-16)14-5-7-15(22)8-6-14/h3-11,13,19H,12H2,1-2H3,(H,23,26)(H,24,25)/t19-/m0/s1. The Morgan fingerprint density at radius 1 is 1.07 bits per heavy atom. The number of amides is 2. The molecular formula is C21H21BrN2O4. The lowest BCUT2D eigenvalue weighted by molar-refractivity contribution is -0.124. The maximum absolute atomic E-state index is 12.6. The van der Waals surface area contributed by atoms with Crippen molar-refractivity contribution in [3.05, 3.63) is 70.8 Å². The van der Waals surface area contributed by atoms with Gasteiger partial charge in [-0.05, 0) is 42.3 Å². The van der Waals surface area contributed by atoms with Crippen LogP contribution in [0.4, 0.5) is 0 Å². The van der Waals surface area contributed by atoms with E-state index in [9.17, 15) is 9.59 Å². The normalized spacial score (nSPS) is 12.0. The van der Waals surface area contributed by atoms with Crippen LogP contribution in [0, 0.1) is 5.92 Å². The van der Waals surface area contributed by atoms with Gasteiger partial charge in [0.2, 0.25) is 5.91 Å². The molecule has 3 rings (SSSR count). The lowest BCUT2D eigenvalue weighted by Gasteiger charge is -2.20. The molecule has 3 aromatic rings. The minimum atomic E-state index is -0.682. The quantitative estimate of drug-likeness (QED) is 0.566. The van der Waals surface area contributed by atoms with Crippen LogP contribution in [-0.4, -0.2) is 17.9 Å². The van der Waals surface area contributed by atoms with Gasteiger partial charge >= 0.3 is 0 Å². The molecule has 0 spiro atoms. The average molecular weight is 445 g/mol. The van der Waals surface area contributed by atoms with Crippen molar-refractivity contribution in [1.29, 1.82) is 0 Å². The van der Waals surface area contributed by atoms with Gasteiger partial charge in [-0.2, -0.15) is 0 Å². The Hall–Kier alpha value is -2.80. The topological polar surface area (TPSA) is 84.5 Å². The van der Waals surface area contributed by atoms with Crippen LogP contribution in [0.1, 0.15) is 30.2 Å². The van der Waals surface area contributed by atoms with Crippen molar-refractivity contribution < 1.29 is 18.4 Å². The zero-order valence-electron chi connectivity index (χ0n) is 15.6. The second-order valence-corrected chi connectivity index (χ2v) is 7.58. The van der Waals surface area contributed by atoms with Crippen molar-refractivity contribution >= 4 is 27.7 Å². The van der Waals surface area contributed by atoms with Crippen LogP contribution in [0.3, 0.4) is 0 Å². The largest absolute Gasteiger partial charge is 0.459 e. The average Bonchev–Trinajstić information content (AvgIpc) is 3.36. The third kappa shape index (κ3) is 4.92. The lowest BCUT2D eigenvalue weighted by atomic mass is 10.0. The van der Waals surface area contributed by atoms with Gasteiger partial charge in [0.05, 0.1) is 12.8 Å². The van der Waals surface area contributed by atoms with Gasteiger partial charge in [-0.25, -0.2) is 0 Å². The van der Waals surface area contributed by atoms with Gasteiger partial charge in [-0.15, -0.1) is 0 Å². The van der Waals surface area contributed by atoms with Gasteiger partial charge in [0.15, 0.2) is 5.76 Å². The van der Waals surface area contributed by atoms with Crippen molar-refractivity contribution in [3.8, 4) is 11.3 Å². The molecular weight excluding hydrogens is 424 g/mol. The third-order valence-corrected chi connectivity index (χ3v) is 4.74. The van der Waals surface area contributed by atoms with Crippen LogP contribution in [0.15, 0.2) is 68.1 Å². The highest BCUT2D eigenvalue weighted by atomic mass is 79.9. The highest BCUT2D eigenvalue weighted by molar-refractivity contribution is 9.10. The Morgan fingerprint density at radius 2 is 1.82 bits per heavy atom. The van der Waals surface area contributed by atoms with Crippen molar-refractivity contribution in [1.82, 2.24) is 10.6 Å². The van der Waals surface area contributed by atoms with Gasteiger partial charge in [0, 0.05) is 10.0 Å². The molecule has 2 N–H and O–H groups in total. The Kier molecular flexibility index (Phi) is 6.36. The monoisotopic (exact) mass is 444 g/mol. The molecule has 2 heterocycles. The van der Waals surface area contributed by atoms with E-state index in [1.807, 2.05) is 50.2 Å². The van der Waals surface area contributed by atoms with E-state index in [4.69, 9.17) is 8.83 Å². The van der Waals surface area contributed by atoms with E-state index in [0.29, 0.717) is 5.76 Å². The number of benzene rings is 1. The molecule has 0 aliphatic rings. The van der Waals surface area contributed by atoms with Crippen molar-refractivity contribution in [3.63, 3.8) is 0 Å². The van der Waals surface area contributed by atoms with Crippen LogP contribution >= 0.6 is 15.9 Å². The Bertz CT molecular complexity index is 930. The third-order valence-electron chi connectivity index (χ3n) is 4.21. The van der Waals surface area contributed by atoms with Crippen molar-refractivity contribution in [2.75, 3.05) is 0 Å². The maximum atomic E-state index is 12.6. The first kappa shape index (κ1) is 19.9. The summed E-state index contributed by atoms with van der Waals surface area (Å²) in [5.74, 6) is 0.734. The number of halogens is 1. The number of hydrogen-bond donors (Lipinski definition) is 2. The molecule has 0 unspecified atom stereocenters. The van der Waals surface area contributed by atoms with E-state index in [-0.39, 0.29) is 24.1 Å². The molecule has 7 heteroatoms. The SMILES string of the molecule is CC(C)[C@H](NC(=O)c1ccco1)C(=O)NCc1ccc(-c2ccc(Br)cc2)o1. The Labute approximate surface area is 171 Å². The molecule has 0 saturated carbocycles. The van der Waals surface area contributed by atoms with Gasteiger partial charge in [-0.3, -0.25) is 9.59 Å². The molecule has 146 valence electrons. The predicted octanol–water partition coefficient (Wildman–Crippen LogP) is 4.37. The highest BCUT2D eigenvalue weighted by Gasteiger charge is 2.25. The number of nitrogens with one attached hydrogen (secondary N) is 2. The molecule has 1 atom stereocenters. The summed E-state index contributed by atoms with van der Waals surface area (Å²) in [6.07, 6.45) is 1.42. The molecule has 6 nitrogen and oxygen atoms in total. The summed E-state index contributed by atoms with van der Waals surface area (Å²) < 4.78 is 11.9. The predicted molar refractivity (Wildman–Crippen MR) is 108 cm³/mol. The van der Waals surface area contributed by atoms with E-state index in [1.54, 1.807) is 12.1 Å². The van der Waals surface area contributed by atoms with Crippen LogP contribution < -0.4 is 10.6 Å². The molecule has 28 heavy (non-hydrogen) atoms. The number of carbonyl (C=O) groups excluding carboxylic acids is 2. The van der Waals surface area contributed by atoms with Crippen LogP contribution in [0.25, 0.3) is 11.3 Å². The smallest absolute Gasteiger partial charge is 0.287 e. The summed E-state index contributed by atoms with van der Waals surface area (Å²) in [5.41, 5.74) is 0.951. The zero-order chi connectivity index (χ0) is 20.1. The fraction of sp³-hybridized carbons (Fsp3) is 0.238. The summed E-state index contributed by atoms with van der Waals surface area (Å²) >= 11 is 3.40. The van der Waals surface area contributed by atoms with Gasteiger partial charge in [0.25, 0.3) is 5.91 Å². The fourth-order valence-corrected chi connectivity index (χ4v) is 2.95. The van der Waals surface area contributed by atoms with Gasteiger partial charge in [0.1, 0.15) is 17.6 Å². The minimum absolute atomic E-state index is 0.0890. The molecule has 1 aromatic carbocycles. The minimum Gasteiger partial charge on any atom is -0.459 e. The second kappa shape index (κ2) is 8.93. The highest BCUT2D eigenvalue weighted by Crippen LogP contribution is 2.24.